The maximum atomic E-state index is 11.7. The summed E-state index contributed by atoms with van der Waals surface area (Å²) in [5, 5.41) is 2.83. The number of para-hydroxylation sites is 1. The van der Waals surface area contributed by atoms with Crippen LogP contribution < -0.4 is 10.1 Å². The standard InChI is InChI=1S/C14H10INO2/c15-11-6-7-12(10-8-16-14(17)13(10)11)18-9-4-2-1-3-5-9/h1-7H,8H2,(H,16,17). The predicted octanol–water partition coefficient (Wildman–Crippen LogP) is 3.33. The van der Waals surface area contributed by atoms with Gasteiger partial charge in [0.2, 0.25) is 0 Å². The molecule has 1 amide bonds. The lowest BCUT2D eigenvalue weighted by atomic mass is 10.1. The second kappa shape index (κ2) is 4.61. The van der Waals surface area contributed by atoms with Crippen LogP contribution in [-0.4, -0.2) is 5.91 Å². The van der Waals surface area contributed by atoms with Crippen molar-refractivity contribution in [2.24, 2.45) is 0 Å². The van der Waals surface area contributed by atoms with Gasteiger partial charge >= 0.3 is 0 Å². The van der Waals surface area contributed by atoms with Crippen molar-refractivity contribution in [3.63, 3.8) is 0 Å². The normalized spacial score (nSPS) is 13.1. The van der Waals surface area contributed by atoms with Crippen LogP contribution in [0, 0.1) is 3.57 Å². The zero-order valence-corrected chi connectivity index (χ0v) is 11.6. The van der Waals surface area contributed by atoms with Gasteiger partial charge in [-0.1, -0.05) is 18.2 Å². The molecule has 0 unspecified atom stereocenters. The van der Waals surface area contributed by atoms with E-state index >= 15 is 0 Å². The molecular weight excluding hydrogens is 341 g/mol. The zero-order valence-electron chi connectivity index (χ0n) is 9.44. The summed E-state index contributed by atoms with van der Waals surface area (Å²) < 4.78 is 6.79. The molecule has 0 saturated heterocycles. The Morgan fingerprint density at radius 1 is 1.11 bits per heavy atom. The Morgan fingerprint density at radius 3 is 2.67 bits per heavy atom. The summed E-state index contributed by atoms with van der Waals surface area (Å²) in [5.41, 5.74) is 1.68. The highest BCUT2D eigenvalue weighted by molar-refractivity contribution is 14.1. The van der Waals surface area contributed by atoms with Gasteiger partial charge in [-0.25, -0.2) is 0 Å². The Morgan fingerprint density at radius 2 is 1.89 bits per heavy atom. The van der Waals surface area contributed by atoms with Gasteiger partial charge in [-0.3, -0.25) is 4.79 Å². The molecule has 1 N–H and O–H groups in total. The number of benzene rings is 2. The minimum Gasteiger partial charge on any atom is -0.457 e. The number of carbonyl (C=O) groups is 1. The van der Waals surface area contributed by atoms with Crippen molar-refractivity contribution in [3.05, 3.63) is 57.2 Å². The van der Waals surface area contributed by atoms with E-state index in [1.807, 2.05) is 42.5 Å². The summed E-state index contributed by atoms with van der Waals surface area (Å²) in [7, 11) is 0. The van der Waals surface area contributed by atoms with E-state index in [0.717, 1.165) is 26.2 Å². The van der Waals surface area contributed by atoms with Crippen molar-refractivity contribution in [3.8, 4) is 11.5 Å². The van der Waals surface area contributed by atoms with E-state index in [-0.39, 0.29) is 5.91 Å². The Bertz CT molecular complexity index is 611. The van der Waals surface area contributed by atoms with Crippen molar-refractivity contribution < 1.29 is 9.53 Å². The van der Waals surface area contributed by atoms with Gasteiger partial charge in [-0.15, -0.1) is 0 Å². The molecule has 0 spiro atoms. The fourth-order valence-corrected chi connectivity index (χ4v) is 2.74. The SMILES string of the molecule is O=C1NCc2c(Oc3ccccc3)ccc(I)c21. The molecule has 1 aliphatic heterocycles. The van der Waals surface area contributed by atoms with Crippen LogP contribution in [0.2, 0.25) is 0 Å². The van der Waals surface area contributed by atoms with Gasteiger partial charge in [0.25, 0.3) is 5.91 Å². The molecule has 3 nitrogen and oxygen atoms in total. The lowest BCUT2D eigenvalue weighted by molar-refractivity contribution is 0.0965. The largest absolute Gasteiger partial charge is 0.457 e. The first kappa shape index (κ1) is 11.5. The second-order valence-corrected chi connectivity index (χ2v) is 5.16. The Balaban J connectivity index is 2.02. The van der Waals surface area contributed by atoms with E-state index in [1.54, 1.807) is 0 Å². The van der Waals surface area contributed by atoms with Crippen LogP contribution in [0.25, 0.3) is 0 Å². The van der Waals surface area contributed by atoms with Crippen molar-refractivity contribution >= 4 is 28.5 Å². The summed E-state index contributed by atoms with van der Waals surface area (Å²) >= 11 is 2.17. The molecule has 3 rings (SSSR count). The van der Waals surface area contributed by atoms with Crippen LogP contribution in [0.3, 0.4) is 0 Å². The average Bonchev–Trinajstić information content (AvgIpc) is 2.78. The van der Waals surface area contributed by atoms with E-state index in [0.29, 0.717) is 6.54 Å². The highest BCUT2D eigenvalue weighted by atomic mass is 127. The number of hydrogen-bond donors (Lipinski definition) is 1. The summed E-state index contributed by atoms with van der Waals surface area (Å²) in [5.74, 6) is 1.50. The molecule has 1 heterocycles. The maximum absolute atomic E-state index is 11.7. The van der Waals surface area contributed by atoms with Crippen LogP contribution in [0.1, 0.15) is 15.9 Å². The van der Waals surface area contributed by atoms with Crippen molar-refractivity contribution in [1.82, 2.24) is 5.32 Å². The first-order valence-electron chi connectivity index (χ1n) is 5.58. The monoisotopic (exact) mass is 351 g/mol. The maximum Gasteiger partial charge on any atom is 0.253 e. The third kappa shape index (κ3) is 1.96. The van der Waals surface area contributed by atoms with Gasteiger partial charge in [-0.2, -0.15) is 0 Å². The molecule has 4 heteroatoms. The molecule has 0 fully saturated rings. The van der Waals surface area contributed by atoms with Crippen LogP contribution in [-0.2, 0) is 6.54 Å². The molecule has 0 aromatic heterocycles. The average molecular weight is 351 g/mol. The molecule has 90 valence electrons. The minimum atomic E-state index is -0.0205. The number of hydrogen-bond acceptors (Lipinski definition) is 2. The molecule has 0 bridgehead atoms. The molecule has 0 saturated carbocycles. The summed E-state index contributed by atoms with van der Waals surface area (Å²) in [4.78, 5) is 11.7. The van der Waals surface area contributed by atoms with Gasteiger partial charge in [0.05, 0.1) is 5.56 Å². The molecule has 2 aromatic carbocycles. The molecule has 1 aliphatic rings. The van der Waals surface area contributed by atoms with E-state index in [9.17, 15) is 4.79 Å². The fourth-order valence-electron chi connectivity index (χ4n) is 1.99. The summed E-state index contributed by atoms with van der Waals surface area (Å²) in [6.45, 7) is 0.535. The minimum absolute atomic E-state index is 0.0205. The van der Waals surface area contributed by atoms with Crippen molar-refractivity contribution in [2.45, 2.75) is 6.54 Å². The number of nitrogens with one attached hydrogen (secondary N) is 1. The number of fused-ring (bicyclic) bond motifs is 1. The zero-order chi connectivity index (χ0) is 12.5. The molecule has 18 heavy (non-hydrogen) atoms. The Labute approximate surface area is 118 Å². The van der Waals surface area contributed by atoms with Crippen LogP contribution in [0.5, 0.6) is 11.5 Å². The molecule has 0 aliphatic carbocycles. The lowest BCUT2D eigenvalue weighted by Gasteiger charge is -2.10. The topological polar surface area (TPSA) is 38.3 Å². The van der Waals surface area contributed by atoms with Gasteiger partial charge in [0.15, 0.2) is 0 Å². The van der Waals surface area contributed by atoms with E-state index in [2.05, 4.69) is 27.9 Å². The fraction of sp³-hybridized carbons (Fsp3) is 0.0714. The summed E-state index contributed by atoms with van der Waals surface area (Å²) in [6.07, 6.45) is 0. The van der Waals surface area contributed by atoms with Crippen molar-refractivity contribution in [2.75, 3.05) is 0 Å². The smallest absolute Gasteiger partial charge is 0.253 e. The highest BCUT2D eigenvalue weighted by Crippen LogP contribution is 2.33. The summed E-state index contributed by atoms with van der Waals surface area (Å²) in [6, 6.07) is 13.4. The third-order valence-corrected chi connectivity index (χ3v) is 3.74. The number of rotatable bonds is 2. The van der Waals surface area contributed by atoms with E-state index in [4.69, 9.17) is 4.74 Å². The number of carbonyl (C=O) groups excluding carboxylic acids is 1. The highest BCUT2D eigenvalue weighted by Gasteiger charge is 2.25. The lowest BCUT2D eigenvalue weighted by Crippen LogP contribution is -2.13. The first-order chi connectivity index (χ1) is 8.75. The molecule has 0 atom stereocenters. The quantitative estimate of drug-likeness (QED) is 0.843. The van der Waals surface area contributed by atoms with Gasteiger partial charge in [-0.05, 0) is 46.9 Å². The number of amides is 1. The molecule has 2 aromatic rings. The van der Waals surface area contributed by atoms with Crippen LogP contribution in [0.4, 0.5) is 0 Å². The molecule has 0 radical (unpaired) electrons. The van der Waals surface area contributed by atoms with Crippen LogP contribution >= 0.6 is 22.6 Å². The van der Waals surface area contributed by atoms with Crippen LogP contribution in [0.15, 0.2) is 42.5 Å². The van der Waals surface area contributed by atoms with E-state index in [1.165, 1.54) is 0 Å². The number of halogens is 1. The predicted molar refractivity (Wildman–Crippen MR) is 76.8 cm³/mol. The van der Waals surface area contributed by atoms with E-state index < -0.39 is 0 Å². The first-order valence-corrected chi connectivity index (χ1v) is 6.66. The third-order valence-electron chi connectivity index (χ3n) is 2.84. The van der Waals surface area contributed by atoms with Crippen molar-refractivity contribution in [1.29, 1.82) is 0 Å². The second-order valence-electron chi connectivity index (χ2n) is 4.00. The van der Waals surface area contributed by atoms with Gasteiger partial charge in [0.1, 0.15) is 11.5 Å². The van der Waals surface area contributed by atoms with Gasteiger partial charge in [0, 0.05) is 15.7 Å². The number of ether oxygens (including phenoxy) is 1. The Hall–Kier alpha value is -1.56. The Kier molecular flexibility index (Phi) is 2.95. The van der Waals surface area contributed by atoms with Gasteiger partial charge < -0.3 is 10.1 Å². The molecular formula is C14H10INO2.